The molecule has 0 bridgehead atoms. The normalized spacial score (nSPS) is 15.8. The molecule has 26 heavy (non-hydrogen) atoms. The van der Waals surface area contributed by atoms with Gasteiger partial charge in [-0.3, -0.25) is 0 Å². The molecule has 9 heteroatoms. The van der Waals surface area contributed by atoms with Gasteiger partial charge >= 0.3 is 0 Å². The molecular weight excluding hydrogens is 352 g/mol. The van der Waals surface area contributed by atoms with Gasteiger partial charge in [-0.1, -0.05) is 19.4 Å². The third-order valence-electron chi connectivity index (χ3n) is 4.28. The topological polar surface area (TPSA) is 91.3 Å². The smallest absolute Gasteiger partial charge is 0.214 e. The second-order valence-corrected chi connectivity index (χ2v) is 8.26. The first-order chi connectivity index (χ1) is 12.6. The van der Waals surface area contributed by atoms with Gasteiger partial charge in [0.25, 0.3) is 0 Å². The molecule has 1 N–H and O–H groups in total. The van der Waals surface area contributed by atoms with E-state index in [0.29, 0.717) is 44.2 Å². The van der Waals surface area contributed by atoms with Crippen molar-refractivity contribution >= 4 is 27.5 Å². The first-order valence-electron chi connectivity index (χ1n) is 8.83. The minimum Gasteiger partial charge on any atom is -0.352 e. The lowest BCUT2D eigenvalue weighted by Gasteiger charge is -2.34. The minimum atomic E-state index is -3.14. The van der Waals surface area contributed by atoms with Crippen molar-refractivity contribution in [3.63, 3.8) is 0 Å². The van der Waals surface area contributed by atoms with Crippen molar-refractivity contribution < 1.29 is 8.42 Å². The van der Waals surface area contributed by atoms with E-state index in [9.17, 15) is 8.42 Å². The lowest BCUT2D eigenvalue weighted by Crippen LogP contribution is -2.49. The first kappa shape index (κ1) is 18.5. The van der Waals surface area contributed by atoms with Gasteiger partial charge in [0.2, 0.25) is 10.0 Å². The molecule has 1 saturated heterocycles. The third kappa shape index (κ3) is 4.67. The summed E-state index contributed by atoms with van der Waals surface area (Å²) in [5.41, 5.74) is 0. The molecule has 2 aromatic rings. The highest BCUT2D eigenvalue weighted by Gasteiger charge is 2.26. The molecule has 0 saturated carbocycles. The summed E-state index contributed by atoms with van der Waals surface area (Å²) in [6.07, 6.45) is 3.30. The fraction of sp³-hybridized carbons (Fsp3) is 0.471. The SMILES string of the molecule is CCCCS(=O)(=O)N1CCN(c2ccc(Nc3ccccn3)nn2)CC1. The summed E-state index contributed by atoms with van der Waals surface area (Å²) in [5.74, 6) is 2.31. The number of nitrogens with zero attached hydrogens (tertiary/aromatic N) is 5. The van der Waals surface area contributed by atoms with Gasteiger partial charge in [-0.15, -0.1) is 10.2 Å². The van der Waals surface area contributed by atoms with Gasteiger partial charge in [0.05, 0.1) is 5.75 Å². The van der Waals surface area contributed by atoms with Gasteiger partial charge in [0.1, 0.15) is 5.82 Å². The number of hydrogen-bond donors (Lipinski definition) is 1. The maximum atomic E-state index is 12.3. The zero-order valence-electron chi connectivity index (χ0n) is 14.9. The monoisotopic (exact) mass is 376 g/mol. The zero-order valence-corrected chi connectivity index (χ0v) is 15.7. The number of aromatic nitrogens is 3. The molecule has 0 unspecified atom stereocenters. The third-order valence-corrected chi connectivity index (χ3v) is 6.24. The zero-order chi connectivity index (χ0) is 18.4. The van der Waals surface area contributed by atoms with Crippen LogP contribution in [0.15, 0.2) is 36.5 Å². The van der Waals surface area contributed by atoms with E-state index < -0.39 is 10.0 Å². The van der Waals surface area contributed by atoms with Crippen LogP contribution in [-0.4, -0.2) is 59.8 Å². The standard InChI is InChI=1S/C17H24N6O2S/c1-2-3-14-26(24,25)23-12-10-22(11-13-23)17-8-7-16(20-21-17)19-15-6-4-5-9-18-15/h4-9H,2-3,10-14H2,1H3,(H,18,19,20). The quantitative estimate of drug-likeness (QED) is 0.789. The summed E-state index contributed by atoms with van der Waals surface area (Å²) < 4.78 is 26.1. The van der Waals surface area contributed by atoms with E-state index in [1.807, 2.05) is 37.3 Å². The average Bonchev–Trinajstić information content (AvgIpc) is 2.68. The van der Waals surface area contributed by atoms with Crippen molar-refractivity contribution in [3.05, 3.63) is 36.5 Å². The molecule has 0 aliphatic carbocycles. The fourth-order valence-electron chi connectivity index (χ4n) is 2.78. The molecule has 1 aliphatic heterocycles. The Labute approximate surface area is 154 Å². The first-order valence-corrected chi connectivity index (χ1v) is 10.4. The maximum absolute atomic E-state index is 12.3. The van der Waals surface area contributed by atoms with Crippen LogP contribution < -0.4 is 10.2 Å². The Kier molecular flexibility index (Phi) is 6.00. The van der Waals surface area contributed by atoms with Crippen molar-refractivity contribution in [2.45, 2.75) is 19.8 Å². The summed E-state index contributed by atoms with van der Waals surface area (Å²) in [6.45, 7) is 4.21. The lowest BCUT2D eigenvalue weighted by atomic mass is 10.3. The number of nitrogens with one attached hydrogen (secondary N) is 1. The van der Waals surface area contributed by atoms with E-state index in [2.05, 4.69) is 25.4 Å². The summed E-state index contributed by atoms with van der Waals surface area (Å²) in [5, 5.41) is 11.5. The van der Waals surface area contributed by atoms with Gasteiger partial charge in [0.15, 0.2) is 11.6 Å². The van der Waals surface area contributed by atoms with Crippen LogP contribution in [0.25, 0.3) is 0 Å². The Balaban J connectivity index is 1.56. The van der Waals surface area contributed by atoms with Crippen LogP contribution in [0.5, 0.6) is 0 Å². The van der Waals surface area contributed by atoms with Crippen LogP contribution in [-0.2, 0) is 10.0 Å². The van der Waals surface area contributed by atoms with Crippen molar-refractivity contribution in [1.29, 1.82) is 0 Å². The molecule has 2 aromatic heterocycles. The summed E-state index contributed by atoms with van der Waals surface area (Å²) >= 11 is 0. The van der Waals surface area contributed by atoms with Crippen LogP contribution in [0.2, 0.25) is 0 Å². The van der Waals surface area contributed by atoms with Gasteiger partial charge in [-0.25, -0.2) is 13.4 Å². The molecule has 0 amide bonds. The molecule has 1 fully saturated rings. The van der Waals surface area contributed by atoms with Gasteiger partial charge in [0, 0.05) is 32.4 Å². The second kappa shape index (κ2) is 8.41. The number of pyridine rings is 1. The molecule has 8 nitrogen and oxygen atoms in total. The van der Waals surface area contributed by atoms with Crippen LogP contribution in [0.3, 0.4) is 0 Å². The Morgan fingerprint density at radius 2 is 1.85 bits per heavy atom. The van der Waals surface area contributed by atoms with Crippen LogP contribution in [0.1, 0.15) is 19.8 Å². The number of rotatable bonds is 7. The predicted molar refractivity (Wildman–Crippen MR) is 102 cm³/mol. The Morgan fingerprint density at radius 1 is 1.04 bits per heavy atom. The fourth-order valence-corrected chi connectivity index (χ4v) is 4.41. The van der Waals surface area contributed by atoms with E-state index in [1.54, 1.807) is 10.5 Å². The molecule has 0 spiro atoms. The minimum absolute atomic E-state index is 0.233. The highest BCUT2D eigenvalue weighted by molar-refractivity contribution is 7.89. The lowest BCUT2D eigenvalue weighted by molar-refractivity contribution is 0.383. The number of unbranched alkanes of at least 4 members (excludes halogenated alkanes) is 1. The van der Waals surface area contributed by atoms with E-state index in [-0.39, 0.29) is 5.75 Å². The molecule has 140 valence electrons. The molecule has 0 aromatic carbocycles. The Morgan fingerprint density at radius 3 is 2.46 bits per heavy atom. The maximum Gasteiger partial charge on any atom is 0.214 e. The number of sulfonamides is 1. The van der Waals surface area contributed by atoms with Crippen molar-refractivity contribution in [2.75, 3.05) is 42.1 Å². The highest BCUT2D eigenvalue weighted by Crippen LogP contribution is 2.18. The van der Waals surface area contributed by atoms with Gasteiger partial charge in [-0.05, 0) is 30.7 Å². The van der Waals surface area contributed by atoms with Crippen LogP contribution in [0.4, 0.5) is 17.5 Å². The summed E-state index contributed by atoms with van der Waals surface area (Å²) in [4.78, 5) is 6.25. The average molecular weight is 376 g/mol. The van der Waals surface area contributed by atoms with E-state index >= 15 is 0 Å². The van der Waals surface area contributed by atoms with Crippen molar-refractivity contribution in [1.82, 2.24) is 19.5 Å². The molecule has 0 atom stereocenters. The molecule has 3 heterocycles. The van der Waals surface area contributed by atoms with Crippen molar-refractivity contribution in [2.24, 2.45) is 0 Å². The molecule has 3 rings (SSSR count). The molecule has 1 aliphatic rings. The van der Waals surface area contributed by atoms with E-state index in [1.165, 1.54) is 0 Å². The summed E-state index contributed by atoms with van der Waals surface area (Å²) in [7, 11) is -3.14. The summed E-state index contributed by atoms with van der Waals surface area (Å²) in [6, 6.07) is 9.34. The Bertz CT molecular complexity index is 790. The van der Waals surface area contributed by atoms with Crippen LogP contribution in [0, 0.1) is 0 Å². The number of hydrogen-bond acceptors (Lipinski definition) is 7. The van der Waals surface area contributed by atoms with E-state index in [0.717, 1.165) is 12.2 Å². The van der Waals surface area contributed by atoms with Crippen molar-refractivity contribution in [3.8, 4) is 0 Å². The highest BCUT2D eigenvalue weighted by atomic mass is 32.2. The van der Waals surface area contributed by atoms with Gasteiger partial charge in [-0.2, -0.15) is 4.31 Å². The molecule has 0 radical (unpaired) electrons. The predicted octanol–water partition coefficient (Wildman–Crippen LogP) is 1.87. The van der Waals surface area contributed by atoms with E-state index in [4.69, 9.17) is 0 Å². The molecular formula is C17H24N6O2S. The number of anilines is 3. The van der Waals surface area contributed by atoms with Gasteiger partial charge < -0.3 is 10.2 Å². The second-order valence-electron chi connectivity index (χ2n) is 6.17. The number of piperazine rings is 1. The van der Waals surface area contributed by atoms with Crippen LogP contribution >= 0.6 is 0 Å². The largest absolute Gasteiger partial charge is 0.352 e. The Hall–Kier alpha value is -2.26.